The molecule has 1 aromatic rings. The summed E-state index contributed by atoms with van der Waals surface area (Å²) in [6.07, 6.45) is 1.80. The number of hydrogen-bond donors (Lipinski definition) is 2. The Morgan fingerprint density at radius 2 is 2.05 bits per heavy atom. The maximum atomic E-state index is 12.4. The second-order valence-corrected chi connectivity index (χ2v) is 7.40. The van der Waals surface area contributed by atoms with Crippen molar-refractivity contribution >= 4 is 10.2 Å². The van der Waals surface area contributed by atoms with Crippen LogP contribution >= 0.6 is 0 Å². The topological polar surface area (TPSA) is 74.6 Å². The van der Waals surface area contributed by atoms with Crippen LogP contribution in [0.5, 0.6) is 0 Å². The maximum Gasteiger partial charge on any atom is 0.280 e. The molecule has 0 radical (unpaired) electrons. The molecule has 120 valence electrons. The lowest BCUT2D eigenvalue weighted by atomic mass is 9.98. The summed E-state index contributed by atoms with van der Waals surface area (Å²) in [7, 11) is -1.53. The molecule has 21 heavy (non-hydrogen) atoms. The third-order valence-electron chi connectivity index (χ3n) is 3.92. The third kappa shape index (κ3) is 4.29. The van der Waals surface area contributed by atoms with Crippen LogP contribution in [0, 0.1) is 12.8 Å². The van der Waals surface area contributed by atoms with E-state index in [-0.39, 0.29) is 6.04 Å². The molecule has 0 aliphatic carbocycles. The predicted octanol–water partition coefficient (Wildman–Crippen LogP) is 1.41. The summed E-state index contributed by atoms with van der Waals surface area (Å²) < 4.78 is 34.5. The van der Waals surface area contributed by atoms with Crippen molar-refractivity contribution in [1.29, 1.82) is 0 Å². The average Bonchev–Trinajstić information content (AvgIpc) is 2.86. The molecular formula is C14H25N3O3S. The van der Waals surface area contributed by atoms with Gasteiger partial charge in [0.1, 0.15) is 11.5 Å². The van der Waals surface area contributed by atoms with Crippen LogP contribution in [0.4, 0.5) is 0 Å². The number of rotatable bonds is 6. The Kier molecular flexibility index (Phi) is 5.43. The highest BCUT2D eigenvalue weighted by Crippen LogP contribution is 2.21. The number of hydrogen-bond acceptors (Lipinski definition) is 4. The van der Waals surface area contributed by atoms with Crippen molar-refractivity contribution < 1.29 is 12.8 Å². The molecule has 6 nitrogen and oxygen atoms in total. The molecule has 2 heterocycles. The number of nitrogens with one attached hydrogen (secondary N) is 2. The molecule has 1 atom stereocenters. The third-order valence-corrected chi connectivity index (χ3v) is 5.62. The lowest BCUT2D eigenvalue weighted by molar-refractivity contribution is 0.266. The van der Waals surface area contributed by atoms with E-state index < -0.39 is 10.2 Å². The van der Waals surface area contributed by atoms with Gasteiger partial charge in [0, 0.05) is 13.1 Å². The van der Waals surface area contributed by atoms with Crippen molar-refractivity contribution in [1.82, 2.24) is 14.3 Å². The zero-order chi connectivity index (χ0) is 15.5. The minimum absolute atomic E-state index is 0.362. The van der Waals surface area contributed by atoms with Crippen LogP contribution in [-0.2, 0) is 10.2 Å². The Bertz CT molecular complexity index is 548. The van der Waals surface area contributed by atoms with E-state index in [9.17, 15) is 8.42 Å². The smallest absolute Gasteiger partial charge is 0.280 e. The molecule has 1 aliphatic heterocycles. The first-order valence-corrected chi connectivity index (χ1v) is 8.84. The number of furan rings is 1. The monoisotopic (exact) mass is 315 g/mol. The quantitative estimate of drug-likeness (QED) is 0.832. The SMILES string of the molecule is CNCC1CCN(S(=O)(=O)NC(C)c2ccc(C)o2)CC1. The van der Waals surface area contributed by atoms with Gasteiger partial charge in [-0.15, -0.1) is 0 Å². The highest BCUT2D eigenvalue weighted by molar-refractivity contribution is 7.87. The van der Waals surface area contributed by atoms with Gasteiger partial charge in [0.15, 0.2) is 0 Å². The van der Waals surface area contributed by atoms with Gasteiger partial charge in [-0.2, -0.15) is 17.4 Å². The molecule has 0 bridgehead atoms. The van der Waals surface area contributed by atoms with Gasteiger partial charge in [-0.05, 0) is 58.3 Å². The van der Waals surface area contributed by atoms with E-state index in [1.165, 1.54) is 4.31 Å². The molecule has 2 rings (SSSR count). The van der Waals surface area contributed by atoms with Gasteiger partial charge < -0.3 is 9.73 Å². The second-order valence-electron chi connectivity index (χ2n) is 5.69. The summed E-state index contributed by atoms with van der Waals surface area (Å²) in [5.41, 5.74) is 0. The minimum Gasteiger partial charge on any atom is -0.465 e. The zero-order valence-electron chi connectivity index (χ0n) is 12.9. The van der Waals surface area contributed by atoms with Crippen LogP contribution in [0.3, 0.4) is 0 Å². The number of nitrogens with zero attached hydrogens (tertiary/aromatic N) is 1. The van der Waals surface area contributed by atoms with Crippen LogP contribution < -0.4 is 10.0 Å². The first-order valence-electron chi connectivity index (χ1n) is 7.40. The Morgan fingerprint density at radius 1 is 1.38 bits per heavy atom. The Morgan fingerprint density at radius 3 is 2.57 bits per heavy atom. The van der Waals surface area contributed by atoms with Crippen LogP contribution in [-0.4, -0.2) is 39.4 Å². The fraction of sp³-hybridized carbons (Fsp3) is 0.714. The average molecular weight is 315 g/mol. The Labute approximate surface area is 127 Å². The highest BCUT2D eigenvalue weighted by Gasteiger charge is 2.29. The highest BCUT2D eigenvalue weighted by atomic mass is 32.2. The fourth-order valence-corrected chi connectivity index (χ4v) is 4.09. The van der Waals surface area contributed by atoms with Gasteiger partial charge in [0.25, 0.3) is 10.2 Å². The number of piperidine rings is 1. The summed E-state index contributed by atoms with van der Waals surface area (Å²) in [6, 6.07) is 3.28. The molecule has 0 aromatic carbocycles. The molecule has 0 spiro atoms. The van der Waals surface area contributed by atoms with Gasteiger partial charge in [0.05, 0.1) is 6.04 Å². The number of aryl methyl sites for hydroxylation is 1. The summed E-state index contributed by atoms with van der Waals surface area (Å²) in [5.74, 6) is 1.98. The summed E-state index contributed by atoms with van der Waals surface area (Å²) in [6.45, 7) is 5.74. The minimum atomic E-state index is -3.46. The first kappa shape index (κ1) is 16.5. The van der Waals surface area contributed by atoms with Crippen molar-refractivity contribution in [3.8, 4) is 0 Å². The van der Waals surface area contributed by atoms with E-state index in [0.717, 1.165) is 25.1 Å². The van der Waals surface area contributed by atoms with Crippen molar-refractivity contribution in [2.45, 2.75) is 32.7 Å². The second kappa shape index (κ2) is 6.91. The summed E-state index contributed by atoms with van der Waals surface area (Å²) in [4.78, 5) is 0. The largest absolute Gasteiger partial charge is 0.465 e. The van der Waals surface area contributed by atoms with E-state index in [4.69, 9.17) is 4.42 Å². The summed E-state index contributed by atoms with van der Waals surface area (Å²) >= 11 is 0. The van der Waals surface area contributed by atoms with Gasteiger partial charge >= 0.3 is 0 Å². The van der Waals surface area contributed by atoms with Crippen molar-refractivity contribution in [3.05, 3.63) is 23.7 Å². The normalized spacial score (nSPS) is 19.8. The lowest BCUT2D eigenvalue weighted by Crippen LogP contribution is -2.46. The molecule has 1 aromatic heterocycles. The molecule has 2 N–H and O–H groups in total. The molecule has 1 unspecified atom stereocenters. The molecule has 0 saturated carbocycles. The fourth-order valence-electron chi connectivity index (χ4n) is 2.68. The molecule has 1 aliphatic rings. The van der Waals surface area contributed by atoms with E-state index in [2.05, 4.69) is 10.0 Å². The van der Waals surface area contributed by atoms with E-state index in [1.807, 2.05) is 26.1 Å². The van der Waals surface area contributed by atoms with Gasteiger partial charge in [-0.3, -0.25) is 0 Å². The van der Waals surface area contributed by atoms with Gasteiger partial charge in [-0.1, -0.05) is 0 Å². The molecule has 7 heteroatoms. The van der Waals surface area contributed by atoms with Crippen LogP contribution in [0.2, 0.25) is 0 Å². The first-order chi connectivity index (χ1) is 9.92. The molecule has 1 fully saturated rings. The zero-order valence-corrected chi connectivity index (χ0v) is 13.7. The maximum absolute atomic E-state index is 12.4. The van der Waals surface area contributed by atoms with Crippen molar-refractivity contribution in [2.24, 2.45) is 5.92 Å². The van der Waals surface area contributed by atoms with Crippen LogP contribution in [0.25, 0.3) is 0 Å². The van der Waals surface area contributed by atoms with E-state index in [0.29, 0.717) is 24.8 Å². The van der Waals surface area contributed by atoms with Crippen LogP contribution in [0.15, 0.2) is 16.5 Å². The molecule has 1 saturated heterocycles. The van der Waals surface area contributed by atoms with Crippen LogP contribution in [0.1, 0.15) is 37.3 Å². The Hall–Kier alpha value is -0.890. The van der Waals surface area contributed by atoms with Crippen molar-refractivity contribution in [2.75, 3.05) is 26.7 Å². The van der Waals surface area contributed by atoms with Gasteiger partial charge in [-0.25, -0.2) is 0 Å². The molecule has 0 amide bonds. The Balaban J connectivity index is 1.93. The molecular weight excluding hydrogens is 290 g/mol. The predicted molar refractivity (Wildman–Crippen MR) is 82.1 cm³/mol. The van der Waals surface area contributed by atoms with E-state index >= 15 is 0 Å². The van der Waals surface area contributed by atoms with E-state index in [1.54, 1.807) is 6.92 Å². The standard InChI is InChI=1S/C14H25N3O3S/c1-11-4-5-14(20-11)12(2)16-21(18,19)17-8-6-13(7-9-17)10-15-3/h4-5,12-13,15-16H,6-10H2,1-3H3. The summed E-state index contributed by atoms with van der Waals surface area (Å²) in [5, 5.41) is 3.15. The van der Waals surface area contributed by atoms with Crippen molar-refractivity contribution in [3.63, 3.8) is 0 Å². The van der Waals surface area contributed by atoms with Gasteiger partial charge in [0.2, 0.25) is 0 Å². The lowest BCUT2D eigenvalue weighted by Gasteiger charge is -2.31.